The molecule has 3 heterocycles. The molecule has 4 N–H and O–H groups in total. The summed E-state index contributed by atoms with van der Waals surface area (Å²) in [5.41, 5.74) is 5.50. The van der Waals surface area contributed by atoms with Crippen molar-refractivity contribution in [2.75, 3.05) is 12.3 Å². The molecule has 0 unspecified atom stereocenters. The number of nitrogens with zero attached hydrogens (tertiary/aromatic N) is 4. The lowest BCUT2D eigenvalue weighted by molar-refractivity contribution is -0.160. The smallest absolute Gasteiger partial charge is 0.327 e. The molecule has 11 nitrogen and oxygen atoms in total. The summed E-state index contributed by atoms with van der Waals surface area (Å²) in [6.07, 6.45) is 0. The number of thioether (sulfide) groups is 1. The molecule has 1 aromatic heterocycles. The van der Waals surface area contributed by atoms with Crippen LogP contribution in [0.5, 0.6) is 0 Å². The quantitative estimate of drug-likeness (QED) is 0.238. The highest BCUT2D eigenvalue weighted by Gasteiger charge is 2.64. The molecule has 2 saturated heterocycles. The summed E-state index contributed by atoms with van der Waals surface area (Å²) in [6.45, 7) is 3.10. The molecule has 0 bridgehead atoms. The van der Waals surface area contributed by atoms with Gasteiger partial charge in [-0.1, -0.05) is 5.16 Å². The highest BCUT2D eigenvalue weighted by atomic mass is 32.2. The summed E-state index contributed by atoms with van der Waals surface area (Å²) >= 11 is 2.39. The molecule has 3 rings (SSSR count). The summed E-state index contributed by atoms with van der Waals surface area (Å²) in [7, 11) is 0. The van der Waals surface area contributed by atoms with E-state index in [4.69, 9.17) is 15.8 Å². The third kappa shape index (κ3) is 3.36. The molecule has 2 fully saturated rings. The average Bonchev–Trinajstić information content (AvgIpc) is 3.15. The number of nitrogens with two attached hydrogens (primary N) is 1. The van der Waals surface area contributed by atoms with E-state index in [1.165, 1.54) is 22.0 Å². The van der Waals surface area contributed by atoms with Gasteiger partial charge in [0.1, 0.15) is 29.2 Å². The number of anilines is 1. The number of aromatic nitrogens is 1. The summed E-state index contributed by atoms with van der Waals surface area (Å²) in [5, 5.41) is 25.4. The van der Waals surface area contributed by atoms with E-state index >= 15 is 0 Å². The van der Waals surface area contributed by atoms with E-state index in [2.05, 4.69) is 15.5 Å². The number of nitrogens with one attached hydrogen (secondary N) is 1. The number of amides is 2. The first kappa shape index (κ1) is 19.9. The van der Waals surface area contributed by atoms with Crippen molar-refractivity contribution in [3.8, 4) is 6.07 Å². The number of carbonyl (C=O) groups is 3. The number of aliphatic carboxylic acids is 1. The number of carboxylic acids is 1. The molecule has 148 valence electrons. The fourth-order valence-corrected chi connectivity index (χ4v) is 5.25. The van der Waals surface area contributed by atoms with Crippen LogP contribution in [0.2, 0.25) is 0 Å². The molecule has 0 aromatic carbocycles. The molecule has 0 saturated carbocycles. The van der Waals surface area contributed by atoms with Crippen LogP contribution >= 0.6 is 23.1 Å². The fourth-order valence-electron chi connectivity index (χ4n) is 3.08. The number of carbonyl (C=O) groups excluding carboxylic acids is 2. The molecule has 0 radical (unpaired) electrons. The molecule has 0 aliphatic carbocycles. The van der Waals surface area contributed by atoms with E-state index in [0.717, 1.165) is 11.3 Å². The summed E-state index contributed by atoms with van der Waals surface area (Å²) in [5.74, 6) is -2.32. The number of fused-ring (bicyclic) bond motifs is 1. The van der Waals surface area contributed by atoms with Gasteiger partial charge in [-0.2, -0.15) is 5.26 Å². The number of rotatable bonds is 6. The Kier molecular flexibility index (Phi) is 5.18. The maximum Gasteiger partial charge on any atom is 0.327 e. The van der Waals surface area contributed by atoms with Crippen LogP contribution in [-0.4, -0.2) is 67.3 Å². The Morgan fingerprint density at radius 2 is 2.29 bits per heavy atom. The second-order valence-corrected chi connectivity index (χ2v) is 9.15. The van der Waals surface area contributed by atoms with Gasteiger partial charge in [0, 0.05) is 10.1 Å². The first-order valence-electron chi connectivity index (χ1n) is 7.99. The Balaban J connectivity index is 1.78. The van der Waals surface area contributed by atoms with Crippen LogP contribution < -0.4 is 11.1 Å². The number of carboxylic acid groups (broad SMARTS) is 1. The Morgan fingerprint density at radius 1 is 1.57 bits per heavy atom. The third-order valence-electron chi connectivity index (χ3n) is 4.23. The summed E-state index contributed by atoms with van der Waals surface area (Å²) in [4.78, 5) is 46.7. The predicted octanol–water partition coefficient (Wildman–Crippen LogP) is -0.399. The highest BCUT2D eigenvalue weighted by molar-refractivity contribution is 8.01. The summed E-state index contributed by atoms with van der Waals surface area (Å²) < 4.78 is -0.707. The van der Waals surface area contributed by atoms with Crippen LogP contribution in [0.1, 0.15) is 19.5 Å². The topological polar surface area (TPSA) is 171 Å². The van der Waals surface area contributed by atoms with Gasteiger partial charge in [-0.25, -0.2) is 9.78 Å². The molecule has 2 aliphatic heterocycles. The van der Waals surface area contributed by atoms with E-state index < -0.39 is 40.0 Å². The molecule has 1 aromatic rings. The number of thiazole rings is 1. The molecule has 0 spiro atoms. The minimum Gasteiger partial charge on any atom is -0.480 e. The standard InChI is InChI=1S/C15H16N6O5S2/c1-15(2)9(13(24)25)21-11(23)8(12(21)28-15)19-10(22)7(20-26-4-3-16)6-5-27-14(17)18-6/h5,8-9,12H,4H2,1-2H3,(H2,17,18)(H,19,22)(H,24,25)/t8-,9-,12+/m0/s1. The molecule has 28 heavy (non-hydrogen) atoms. The fraction of sp³-hybridized carbons (Fsp3) is 0.467. The first-order chi connectivity index (χ1) is 13.2. The van der Waals surface area contributed by atoms with Crippen molar-refractivity contribution in [2.45, 2.75) is 36.1 Å². The minimum absolute atomic E-state index is 0.143. The number of nitrogen functional groups attached to an aromatic ring is 1. The van der Waals surface area contributed by atoms with Crippen molar-refractivity contribution < 1.29 is 24.3 Å². The first-order valence-corrected chi connectivity index (χ1v) is 9.75. The van der Waals surface area contributed by atoms with Crippen LogP contribution in [0.4, 0.5) is 5.13 Å². The van der Waals surface area contributed by atoms with Crippen LogP contribution in [0.15, 0.2) is 10.5 Å². The van der Waals surface area contributed by atoms with Crippen molar-refractivity contribution in [3.63, 3.8) is 0 Å². The second kappa shape index (κ2) is 7.28. The van der Waals surface area contributed by atoms with Crippen molar-refractivity contribution in [1.82, 2.24) is 15.2 Å². The molecular formula is C15H16N6O5S2. The lowest BCUT2D eigenvalue weighted by Gasteiger charge is -2.43. The van der Waals surface area contributed by atoms with Crippen LogP contribution in [0, 0.1) is 11.3 Å². The SMILES string of the molecule is CC1(C)S[C@@H]2[C@@H](NC(=O)C(=NOCC#N)c3csc(N)n3)C(=O)N2[C@H]1C(=O)O. The lowest BCUT2D eigenvalue weighted by atomic mass is 9.96. The predicted molar refractivity (Wildman–Crippen MR) is 100 cm³/mol. The zero-order chi connectivity index (χ0) is 20.6. The van der Waals surface area contributed by atoms with Gasteiger partial charge in [0.15, 0.2) is 10.8 Å². The van der Waals surface area contributed by atoms with E-state index in [0.29, 0.717) is 0 Å². The van der Waals surface area contributed by atoms with Gasteiger partial charge >= 0.3 is 5.97 Å². The molecular weight excluding hydrogens is 408 g/mol. The van der Waals surface area contributed by atoms with E-state index in [-0.39, 0.29) is 23.1 Å². The molecule has 13 heteroatoms. The van der Waals surface area contributed by atoms with Crippen molar-refractivity contribution in [1.29, 1.82) is 5.26 Å². The maximum atomic E-state index is 12.7. The van der Waals surface area contributed by atoms with Gasteiger partial charge < -0.3 is 25.9 Å². The Hall–Kier alpha value is -2.85. The number of oxime groups is 1. The second-order valence-electron chi connectivity index (χ2n) is 6.49. The van der Waals surface area contributed by atoms with Gasteiger partial charge in [-0.05, 0) is 13.8 Å². The normalized spacial score (nSPS) is 25.5. The zero-order valence-electron chi connectivity index (χ0n) is 14.8. The summed E-state index contributed by atoms with van der Waals surface area (Å²) in [6, 6.07) is -0.162. The number of hydrogen-bond donors (Lipinski definition) is 3. The molecule has 2 amide bonds. The molecule has 2 aliphatic rings. The van der Waals surface area contributed by atoms with Crippen LogP contribution in [0.25, 0.3) is 0 Å². The largest absolute Gasteiger partial charge is 0.480 e. The number of nitriles is 1. The number of β-lactam (4-membered cyclic amide) rings is 1. The monoisotopic (exact) mass is 424 g/mol. The van der Waals surface area contributed by atoms with Crippen molar-refractivity contribution in [3.05, 3.63) is 11.1 Å². The lowest BCUT2D eigenvalue weighted by Crippen LogP contribution is -2.71. The van der Waals surface area contributed by atoms with E-state index in [9.17, 15) is 19.5 Å². The van der Waals surface area contributed by atoms with Crippen LogP contribution in [0.3, 0.4) is 0 Å². The Bertz CT molecular complexity index is 907. The molecule has 3 atom stereocenters. The maximum absolute atomic E-state index is 12.7. The van der Waals surface area contributed by atoms with Crippen molar-refractivity contribution in [2.24, 2.45) is 5.16 Å². The van der Waals surface area contributed by atoms with Gasteiger partial charge in [0.05, 0.1) is 0 Å². The average molecular weight is 424 g/mol. The Labute approximate surface area is 167 Å². The van der Waals surface area contributed by atoms with Gasteiger partial charge in [0.2, 0.25) is 12.5 Å². The zero-order valence-corrected chi connectivity index (χ0v) is 16.4. The number of hydrogen-bond acceptors (Lipinski definition) is 10. The van der Waals surface area contributed by atoms with Gasteiger partial charge in [-0.3, -0.25) is 9.59 Å². The van der Waals surface area contributed by atoms with Crippen LogP contribution in [-0.2, 0) is 19.2 Å². The Morgan fingerprint density at radius 3 is 2.86 bits per heavy atom. The third-order valence-corrected chi connectivity index (χ3v) is 6.47. The van der Waals surface area contributed by atoms with Crippen molar-refractivity contribution >= 4 is 51.7 Å². The highest BCUT2D eigenvalue weighted by Crippen LogP contribution is 2.50. The minimum atomic E-state index is -1.09. The van der Waals surface area contributed by atoms with E-state index in [1.54, 1.807) is 19.9 Å². The van der Waals surface area contributed by atoms with Gasteiger partial charge in [-0.15, -0.1) is 23.1 Å². The van der Waals surface area contributed by atoms with Gasteiger partial charge in [0.25, 0.3) is 5.91 Å². The van der Waals surface area contributed by atoms with E-state index in [1.807, 2.05) is 0 Å².